The summed E-state index contributed by atoms with van der Waals surface area (Å²) in [6, 6.07) is 12.6. The lowest BCUT2D eigenvalue weighted by atomic mass is 9.84. The molecule has 0 saturated carbocycles. The molecule has 0 aliphatic carbocycles. The first-order valence-electron chi connectivity index (χ1n) is 11.1. The Balaban J connectivity index is 2.24. The van der Waals surface area contributed by atoms with Crippen LogP contribution >= 0.6 is 23.1 Å². The molecule has 0 fully saturated rings. The number of rotatable bonds is 13. The summed E-state index contributed by atoms with van der Waals surface area (Å²) in [6.07, 6.45) is 0.788. The van der Waals surface area contributed by atoms with Crippen molar-refractivity contribution in [1.82, 2.24) is 16.1 Å². The fourth-order valence-corrected chi connectivity index (χ4v) is 5.57. The van der Waals surface area contributed by atoms with Gasteiger partial charge in [0, 0.05) is 18.7 Å². The average molecular weight is 492 g/mol. The van der Waals surface area contributed by atoms with Crippen molar-refractivity contribution in [2.75, 3.05) is 12.3 Å². The normalized spacial score (nSPS) is 13.7. The SMILES string of the molecule is CCNC(=O)[C@H](Cc1ccccc1)NC(=O)[C@H](CC(C)C)[C@H](CSc1cccs1)C(=O)NO. The fourth-order valence-electron chi connectivity index (χ4n) is 3.57. The van der Waals surface area contributed by atoms with E-state index in [0.29, 0.717) is 25.1 Å². The third-order valence-electron chi connectivity index (χ3n) is 5.16. The summed E-state index contributed by atoms with van der Waals surface area (Å²) in [5.41, 5.74) is 2.66. The van der Waals surface area contributed by atoms with Gasteiger partial charge >= 0.3 is 0 Å². The Morgan fingerprint density at radius 2 is 1.73 bits per heavy atom. The first-order chi connectivity index (χ1) is 15.8. The van der Waals surface area contributed by atoms with Crippen molar-refractivity contribution in [3.63, 3.8) is 0 Å². The molecule has 0 saturated heterocycles. The summed E-state index contributed by atoms with van der Waals surface area (Å²) in [5.74, 6) is -2.21. The molecule has 0 bridgehead atoms. The molecular weight excluding hydrogens is 458 g/mol. The molecule has 0 aliphatic heterocycles. The summed E-state index contributed by atoms with van der Waals surface area (Å²) in [7, 11) is 0. The smallest absolute Gasteiger partial charge is 0.248 e. The van der Waals surface area contributed by atoms with Gasteiger partial charge in [0.05, 0.1) is 16.0 Å². The number of amides is 3. The van der Waals surface area contributed by atoms with Crippen molar-refractivity contribution in [3.8, 4) is 0 Å². The average Bonchev–Trinajstić information content (AvgIpc) is 3.32. The van der Waals surface area contributed by atoms with Gasteiger partial charge in [-0.25, -0.2) is 5.48 Å². The van der Waals surface area contributed by atoms with Crippen LogP contribution in [0.15, 0.2) is 52.1 Å². The second kappa shape index (κ2) is 14.0. The Hall–Kier alpha value is -2.36. The van der Waals surface area contributed by atoms with Gasteiger partial charge in [-0.1, -0.05) is 50.2 Å². The zero-order chi connectivity index (χ0) is 24.2. The highest BCUT2D eigenvalue weighted by molar-refractivity contribution is 8.01. The predicted octanol–water partition coefficient (Wildman–Crippen LogP) is 3.49. The first-order valence-corrected chi connectivity index (χ1v) is 12.9. The molecule has 7 nitrogen and oxygen atoms in total. The lowest BCUT2D eigenvalue weighted by molar-refractivity contribution is -0.140. The number of hydrogen-bond acceptors (Lipinski definition) is 6. The van der Waals surface area contributed by atoms with E-state index in [1.54, 1.807) is 16.8 Å². The number of carbonyl (C=O) groups is 3. The van der Waals surface area contributed by atoms with Gasteiger partial charge in [0.1, 0.15) is 6.04 Å². The molecule has 0 aliphatic rings. The van der Waals surface area contributed by atoms with Gasteiger partial charge in [-0.05, 0) is 36.3 Å². The molecule has 180 valence electrons. The predicted molar refractivity (Wildman–Crippen MR) is 132 cm³/mol. The van der Waals surface area contributed by atoms with Crippen LogP contribution in [0.4, 0.5) is 0 Å². The van der Waals surface area contributed by atoms with Crippen molar-refractivity contribution in [3.05, 3.63) is 53.4 Å². The molecule has 1 aromatic carbocycles. The monoisotopic (exact) mass is 491 g/mol. The zero-order valence-corrected chi connectivity index (χ0v) is 20.9. The largest absolute Gasteiger partial charge is 0.355 e. The first kappa shape index (κ1) is 26.9. The molecule has 3 atom stereocenters. The van der Waals surface area contributed by atoms with Crippen LogP contribution in [-0.4, -0.2) is 41.3 Å². The van der Waals surface area contributed by atoms with Gasteiger partial charge in [-0.15, -0.1) is 23.1 Å². The molecule has 2 rings (SSSR count). The number of hydrogen-bond donors (Lipinski definition) is 4. The van der Waals surface area contributed by atoms with Crippen molar-refractivity contribution < 1.29 is 19.6 Å². The standard InChI is InChI=1S/C24H33N3O4S2/c1-4-25-24(30)20(14-17-9-6-5-7-10-17)26-22(28)18(13-16(2)3)19(23(29)27-31)15-33-21-11-8-12-32-21/h5-12,16,18-20,31H,4,13-15H2,1-3H3,(H,25,30)(H,26,28)(H,27,29)/t18-,19+,20+/m1/s1. The van der Waals surface area contributed by atoms with Crippen LogP contribution in [0.2, 0.25) is 0 Å². The van der Waals surface area contributed by atoms with Crippen LogP contribution < -0.4 is 16.1 Å². The minimum Gasteiger partial charge on any atom is -0.355 e. The second-order valence-electron chi connectivity index (χ2n) is 8.21. The third-order valence-corrected chi connectivity index (χ3v) is 7.41. The molecule has 2 aromatic rings. The van der Waals surface area contributed by atoms with E-state index in [0.717, 1.165) is 9.77 Å². The van der Waals surface area contributed by atoms with Crippen molar-refractivity contribution in [2.24, 2.45) is 17.8 Å². The van der Waals surface area contributed by atoms with Crippen molar-refractivity contribution in [1.29, 1.82) is 0 Å². The molecule has 1 aromatic heterocycles. The Morgan fingerprint density at radius 1 is 1.00 bits per heavy atom. The van der Waals surface area contributed by atoms with E-state index in [9.17, 15) is 19.6 Å². The highest BCUT2D eigenvalue weighted by atomic mass is 32.2. The summed E-state index contributed by atoms with van der Waals surface area (Å²) < 4.78 is 1.03. The summed E-state index contributed by atoms with van der Waals surface area (Å²) in [4.78, 5) is 38.8. The molecule has 1 heterocycles. The van der Waals surface area contributed by atoms with Gasteiger partial charge < -0.3 is 10.6 Å². The Kier molecular flexibility index (Phi) is 11.4. The number of thiophene rings is 1. The lowest BCUT2D eigenvalue weighted by Crippen LogP contribution is -2.52. The number of nitrogens with one attached hydrogen (secondary N) is 3. The summed E-state index contributed by atoms with van der Waals surface area (Å²) in [5, 5.41) is 17.0. The lowest BCUT2D eigenvalue weighted by Gasteiger charge is -2.28. The molecule has 4 N–H and O–H groups in total. The highest BCUT2D eigenvalue weighted by Gasteiger charge is 2.36. The molecule has 0 spiro atoms. The van der Waals surface area contributed by atoms with Gasteiger partial charge in [-0.3, -0.25) is 19.6 Å². The van der Waals surface area contributed by atoms with Gasteiger partial charge in [0.15, 0.2) is 0 Å². The van der Waals surface area contributed by atoms with Crippen molar-refractivity contribution in [2.45, 2.75) is 43.9 Å². The van der Waals surface area contributed by atoms with Gasteiger partial charge in [0.25, 0.3) is 0 Å². The van der Waals surface area contributed by atoms with Crippen LogP contribution in [0.5, 0.6) is 0 Å². The van der Waals surface area contributed by atoms with E-state index < -0.39 is 23.8 Å². The van der Waals surface area contributed by atoms with Crippen LogP contribution in [-0.2, 0) is 20.8 Å². The molecular formula is C24H33N3O4S2. The molecule has 3 amide bonds. The third kappa shape index (κ3) is 8.83. The van der Waals surface area contributed by atoms with E-state index in [1.165, 1.54) is 11.8 Å². The van der Waals surface area contributed by atoms with E-state index in [2.05, 4.69) is 10.6 Å². The topological polar surface area (TPSA) is 108 Å². The number of hydroxylamine groups is 1. The molecule has 33 heavy (non-hydrogen) atoms. The van der Waals surface area contributed by atoms with Crippen molar-refractivity contribution >= 4 is 40.8 Å². The van der Waals surface area contributed by atoms with Crippen LogP contribution in [0, 0.1) is 17.8 Å². The fraction of sp³-hybridized carbons (Fsp3) is 0.458. The minimum absolute atomic E-state index is 0.138. The van der Waals surface area contributed by atoms with E-state index in [4.69, 9.17) is 0 Å². The van der Waals surface area contributed by atoms with Crippen LogP contribution in [0.1, 0.15) is 32.8 Å². The Morgan fingerprint density at radius 3 is 2.30 bits per heavy atom. The zero-order valence-electron chi connectivity index (χ0n) is 19.2. The van der Waals surface area contributed by atoms with E-state index in [1.807, 2.05) is 68.6 Å². The maximum atomic E-state index is 13.5. The van der Waals surface area contributed by atoms with Crippen LogP contribution in [0.3, 0.4) is 0 Å². The molecule has 9 heteroatoms. The maximum absolute atomic E-state index is 13.5. The number of benzene rings is 1. The van der Waals surface area contributed by atoms with E-state index >= 15 is 0 Å². The summed E-state index contributed by atoms with van der Waals surface area (Å²) in [6.45, 7) is 6.23. The van der Waals surface area contributed by atoms with Crippen LogP contribution in [0.25, 0.3) is 0 Å². The Bertz CT molecular complexity index is 875. The minimum atomic E-state index is -0.766. The Labute approximate surface area is 203 Å². The molecule has 0 radical (unpaired) electrons. The quantitative estimate of drug-likeness (QED) is 0.195. The highest BCUT2D eigenvalue weighted by Crippen LogP contribution is 2.31. The maximum Gasteiger partial charge on any atom is 0.248 e. The second-order valence-corrected chi connectivity index (χ2v) is 10.5. The van der Waals surface area contributed by atoms with Gasteiger partial charge in [0.2, 0.25) is 17.7 Å². The number of carbonyl (C=O) groups excluding carboxylic acids is 3. The summed E-state index contributed by atoms with van der Waals surface area (Å²) >= 11 is 3.03. The number of likely N-dealkylation sites (N-methyl/N-ethyl adjacent to an activating group) is 1. The molecule has 0 unspecified atom stereocenters. The van der Waals surface area contributed by atoms with Gasteiger partial charge in [-0.2, -0.15) is 0 Å². The number of thioether (sulfide) groups is 1. The van der Waals surface area contributed by atoms with E-state index in [-0.39, 0.29) is 17.7 Å².